The van der Waals surface area contributed by atoms with E-state index in [1.54, 1.807) is 7.11 Å². The smallest absolute Gasteiger partial charge is 0.403 e. The van der Waals surface area contributed by atoms with Crippen molar-refractivity contribution in [1.82, 2.24) is 0 Å². The van der Waals surface area contributed by atoms with Gasteiger partial charge >= 0.3 is 5.43 Å². The van der Waals surface area contributed by atoms with Gasteiger partial charge in [0.1, 0.15) is 12.4 Å². The number of carbonyl (C=O) groups is 1. The molecule has 88 valence electrons. The lowest BCUT2D eigenvalue weighted by Crippen LogP contribution is -2.24. The molecule has 3 nitrogen and oxygen atoms in total. The number of halogens is 1. The Morgan fingerprint density at radius 1 is 1.31 bits per heavy atom. The lowest BCUT2D eigenvalue weighted by atomic mass is 9.85. The van der Waals surface area contributed by atoms with Crippen LogP contribution in [0.5, 0.6) is 5.75 Å². The van der Waals surface area contributed by atoms with E-state index in [0.717, 1.165) is 11.3 Å². The largest absolute Gasteiger partial charge is 0.497 e. The van der Waals surface area contributed by atoms with E-state index in [1.165, 1.54) is 0 Å². The number of methoxy groups -OCH3 is 1. The summed E-state index contributed by atoms with van der Waals surface area (Å²) in [7, 11) is 1.62. The van der Waals surface area contributed by atoms with Crippen molar-refractivity contribution in [3.63, 3.8) is 0 Å². The van der Waals surface area contributed by atoms with Crippen molar-refractivity contribution in [2.24, 2.45) is 0 Å². The zero-order valence-corrected chi connectivity index (χ0v) is 10.4. The molecule has 4 heteroatoms. The number of benzene rings is 1. The van der Waals surface area contributed by atoms with E-state index in [1.807, 2.05) is 38.1 Å². The van der Waals surface area contributed by atoms with E-state index in [4.69, 9.17) is 21.1 Å². The second-order valence-electron chi connectivity index (χ2n) is 4.14. The van der Waals surface area contributed by atoms with Crippen LogP contribution in [0.1, 0.15) is 19.4 Å². The van der Waals surface area contributed by atoms with Crippen LogP contribution in [0.3, 0.4) is 0 Å². The minimum Gasteiger partial charge on any atom is -0.497 e. The molecule has 1 rings (SSSR count). The second-order valence-corrected chi connectivity index (χ2v) is 4.45. The third-order valence-corrected chi connectivity index (χ3v) is 2.53. The minimum atomic E-state index is -0.776. The average Bonchev–Trinajstić information content (AvgIpc) is 2.27. The first-order chi connectivity index (χ1) is 7.45. The molecule has 0 aliphatic carbocycles. The van der Waals surface area contributed by atoms with E-state index >= 15 is 0 Å². The monoisotopic (exact) mass is 242 g/mol. The first-order valence-electron chi connectivity index (χ1n) is 4.92. The predicted molar refractivity (Wildman–Crippen MR) is 63.2 cm³/mol. The molecule has 0 atom stereocenters. The van der Waals surface area contributed by atoms with Gasteiger partial charge in [-0.15, -0.1) is 0 Å². The normalized spacial score (nSPS) is 11.0. The van der Waals surface area contributed by atoms with Crippen LogP contribution in [-0.4, -0.2) is 19.1 Å². The van der Waals surface area contributed by atoms with Crippen LogP contribution in [0, 0.1) is 0 Å². The van der Waals surface area contributed by atoms with Gasteiger partial charge in [0.05, 0.1) is 7.11 Å². The van der Waals surface area contributed by atoms with Gasteiger partial charge in [-0.25, -0.2) is 4.79 Å². The molecule has 16 heavy (non-hydrogen) atoms. The minimum absolute atomic E-state index is 0.252. The lowest BCUT2D eigenvalue weighted by molar-refractivity contribution is 0.148. The molecule has 0 radical (unpaired) electrons. The summed E-state index contributed by atoms with van der Waals surface area (Å²) in [6.07, 6.45) is 0. The molecule has 0 saturated heterocycles. The lowest BCUT2D eigenvalue weighted by Gasteiger charge is -2.24. The van der Waals surface area contributed by atoms with Gasteiger partial charge in [-0.05, 0) is 17.7 Å². The molecule has 0 spiro atoms. The molecule has 0 N–H and O–H groups in total. The number of ether oxygens (including phenoxy) is 2. The Morgan fingerprint density at radius 3 is 2.31 bits per heavy atom. The fourth-order valence-corrected chi connectivity index (χ4v) is 1.42. The van der Waals surface area contributed by atoms with Crippen LogP contribution in [-0.2, 0) is 10.2 Å². The van der Waals surface area contributed by atoms with Crippen LogP contribution < -0.4 is 4.74 Å². The summed E-state index contributed by atoms with van der Waals surface area (Å²) in [5.41, 5.74) is 0.0180. The third kappa shape index (κ3) is 3.42. The summed E-state index contributed by atoms with van der Waals surface area (Å²) in [6.45, 7) is 4.21. The van der Waals surface area contributed by atoms with Crippen molar-refractivity contribution in [3.05, 3.63) is 29.8 Å². The van der Waals surface area contributed by atoms with Gasteiger partial charge in [-0.1, -0.05) is 26.0 Å². The first kappa shape index (κ1) is 12.8. The molecule has 0 fully saturated rings. The van der Waals surface area contributed by atoms with E-state index in [2.05, 4.69) is 0 Å². The Labute approximate surface area is 100 Å². The van der Waals surface area contributed by atoms with Crippen LogP contribution in [0.2, 0.25) is 0 Å². The molecule has 0 amide bonds. The van der Waals surface area contributed by atoms with Gasteiger partial charge in [0.2, 0.25) is 0 Å². The van der Waals surface area contributed by atoms with Crippen molar-refractivity contribution < 1.29 is 14.3 Å². The zero-order valence-electron chi connectivity index (χ0n) is 9.62. The highest BCUT2D eigenvalue weighted by Crippen LogP contribution is 2.25. The van der Waals surface area contributed by atoms with E-state index in [-0.39, 0.29) is 12.0 Å². The molecule has 0 saturated carbocycles. The Hall–Kier alpha value is -1.22. The van der Waals surface area contributed by atoms with Gasteiger partial charge < -0.3 is 9.47 Å². The van der Waals surface area contributed by atoms with Crippen molar-refractivity contribution in [2.45, 2.75) is 19.3 Å². The quantitative estimate of drug-likeness (QED) is 0.760. The fourth-order valence-electron chi connectivity index (χ4n) is 1.36. The molecule has 0 aliphatic heterocycles. The molecule has 0 bridgehead atoms. The SMILES string of the molecule is COc1ccc(C(C)(C)COC(=O)Cl)cc1. The maximum atomic E-state index is 10.5. The molecular weight excluding hydrogens is 228 g/mol. The van der Waals surface area contributed by atoms with Gasteiger partial charge in [-0.2, -0.15) is 0 Å². The molecule has 0 heterocycles. The molecule has 0 aliphatic rings. The summed E-state index contributed by atoms with van der Waals surface area (Å²) in [4.78, 5) is 10.5. The van der Waals surface area contributed by atoms with Crippen molar-refractivity contribution >= 4 is 17.0 Å². The van der Waals surface area contributed by atoms with E-state index in [0.29, 0.717) is 0 Å². The predicted octanol–water partition coefficient (Wildman–Crippen LogP) is 3.35. The van der Waals surface area contributed by atoms with Crippen LogP contribution >= 0.6 is 11.6 Å². The summed E-state index contributed by atoms with van der Waals surface area (Å²) < 4.78 is 9.89. The van der Waals surface area contributed by atoms with Gasteiger partial charge in [0, 0.05) is 17.0 Å². The average molecular weight is 243 g/mol. The molecule has 1 aromatic carbocycles. The number of rotatable bonds is 4. The fraction of sp³-hybridized carbons (Fsp3) is 0.417. The Bertz CT molecular complexity index is 357. The molecule has 0 aromatic heterocycles. The highest BCUT2D eigenvalue weighted by atomic mass is 35.5. The van der Waals surface area contributed by atoms with Crippen LogP contribution in [0.4, 0.5) is 4.79 Å². The maximum Gasteiger partial charge on any atom is 0.403 e. The summed E-state index contributed by atoms with van der Waals surface area (Å²) in [5, 5.41) is 0. The van der Waals surface area contributed by atoms with Crippen LogP contribution in [0.15, 0.2) is 24.3 Å². The second kappa shape index (κ2) is 5.21. The van der Waals surface area contributed by atoms with E-state index in [9.17, 15) is 4.79 Å². The summed E-state index contributed by atoms with van der Waals surface area (Å²) >= 11 is 5.14. The maximum absolute atomic E-state index is 10.5. The summed E-state index contributed by atoms with van der Waals surface area (Å²) in [6, 6.07) is 7.64. The zero-order chi connectivity index (χ0) is 12.2. The Kier molecular flexibility index (Phi) is 4.19. The molecule has 0 unspecified atom stereocenters. The molecule has 1 aromatic rings. The highest BCUT2D eigenvalue weighted by molar-refractivity contribution is 6.61. The topological polar surface area (TPSA) is 35.5 Å². The first-order valence-corrected chi connectivity index (χ1v) is 5.30. The van der Waals surface area contributed by atoms with Crippen LogP contribution in [0.25, 0.3) is 0 Å². The number of carbonyl (C=O) groups excluding carboxylic acids is 1. The van der Waals surface area contributed by atoms with Crippen molar-refractivity contribution in [3.8, 4) is 5.75 Å². The van der Waals surface area contributed by atoms with Gasteiger partial charge in [-0.3, -0.25) is 0 Å². The standard InChI is InChI=1S/C12H15ClO3/c1-12(2,8-16-11(13)14)9-4-6-10(15-3)7-5-9/h4-7H,8H2,1-3H3. The molecular formula is C12H15ClO3. The Morgan fingerprint density at radius 2 is 1.88 bits per heavy atom. The third-order valence-electron chi connectivity index (χ3n) is 2.42. The Balaban J connectivity index is 2.76. The number of hydrogen-bond donors (Lipinski definition) is 0. The van der Waals surface area contributed by atoms with Crippen molar-refractivity contribution in [1.29, 1.82) is 0 Å². The van der Waals surface area contributed by atoms with E-state index < -0.39 is 5.43 Å². The van der Waals surface area contributed by atoms with Gasteiger partial charge in [0.25, 0.3) is 0 Å². The van der Waals surface area contributed by atoms with Gasteiger partial charge in [0.15, 0.2) is 0 Å². The number of hydrogen-bond acceptors (Lipinski definition) is 3. The summed E-state index contributed by atoms with van der Waals surface area (Å²) in [5.74, 6) is 0.800. The highest BCUT2D eigenvalue weighted by Gasteiger charge is 2.22. The van der Waals surface area contributed by atoms with Crippen molar-refractivity contribution in [2.75, 3.05) is 13.7 Å².